The smallest absolute Gasteiger partial charge is 0.233 e. The van der Waals surface area contributed by atoms with Gasteiger partial charge >= 0.3 is 0 Å². The Bertz CT molecular complexity index is 845. The van der Waals surface area contributed by atoms with Gasteiger partial charge in [-0.15, -0.1) is 0 Å². The van der Waals surface area contributed by atoms with Crippen LogP contribution in [0.2, 0.25) is 0 Å². The van der Waals surface area contributed by atoms with Crippen molar-refractivity contribution < 1.29 is 9.53 Å². The molecule has 130 valence electrons. The minimum Gasteiger partial charge on any atom is -0.497 e. The van der Waals surface area contributed by atoms with Gasteiger partial charge in [-0.25, -0.2) is 4.98 Å². The second-order valence-corrected chi connectivity index (χ2v) is 6.99. The van der Waals surface area contributed by atoms with Gasteiger partial charge in [0, 0.05) is 12.7 Å². The molecular weight excluding hydrogens is 334 g/mol. The maximum absolute atomic E-state index is 12.3. The molecule has 0 spiro atoms. The quantitative estimate of drug-likeness (QED) is 0.662. The van der Waals surface area contributed by atoms with E-state index in [0.717, 1.165) is 22.8 Å². The van der Waals surface area contributed by atoms with Crippen LogP contribution in [0, 0.1) is 0 Å². The number of amides is 1. The molecule has 0 saturated heterocycles. The molecule has 5 nitrogen and oxygen atoms in total. The highest BCUT2D eigenvalue weighted by Gasteiger charge is 2.16. The number of hydrogen-bond donors (Lipinski definition) is 1. The zero-order valence-electron chi connectivity index (χ0n) is 14.3. The predicted octanol–water partition coefficient (Wildman–Crippen LogP) is 3.18. The molecule has 0 saturated carbocycles. The van der Waals surface area contributed by atoms with Gasteiger partial charge in [-0.1, -0.05) is 30.0 Å². The summed E-state index contributed by atoms with van der Waals surface area (Å²) in [5, 5.41) is 3.61. The van der Waals surface area contributed by atoms with Crippen LogP contribution in [-0.2, 0) is 11.2 Å². The van der Waals surface area contributed by atoms with Crippen molar-refractivity contribution in [2.75, 3.05) is 13.7 Å². The molecule has 3 rings (SSSR count). The van der Waals surface area contributed by atoms with E-state index >= 15 is 0 Å². The molecule has 1 unspecified atom stereocenters. The molecule has 0 bridgehead atoms. The SMILES string of the molecule is COc1ccc(CCNC(=O)C(C)Sc2ncc3ccccn23)cc1. The first-order valence-corrected chi connectivity index (χ1v) is 9.05. The molecule has 0 radical (unpaired) electrons. The number of thioether (sulfide) groups is 1. The van der Waals surface area contributed by atoms with Crippen LogP contribution in [0.4, 0.5) is 0 Å². The Morgan fingerprint density at radius 1 is 1.28 bits per heavy atom. The lowest BCUT2D eigenvalue weighted by molar-refractivity contribution is -0.120. The van der Waals surface area contributed by atoms with Crippen LogP contribution >= 0.6 is 11.8 Å². The lowest BCUT2D eigenvalue weighted by atomic mass is 10.1. The highest BCUT2D eigenvalue weighted by atomic mass is 32.2. The van der Waals surface area contributed by atoms with Crippen LogP contribution in [0.15, 0.2) is 60.0 Å². The van der Waals surface area contributed by atoms with Crippen molar-refractivity contribution in [3.05, 3.63) is 60.4 Å². The van der Waals surface area contributed by atoms with Crippen LogP contribution < -0.4 is 10.1 Å². The first kappa shape index (κ1) is 17.4. The fourth-order valence-electron chi connectivity index (χ4n) is 2.48. The van der Waals surface area contributed by atoms with Crippen molar-refractivity contribution in [3.8, 4) is 5.75 Å². The van der Waals surface area contributed by atoms with Gasteiger partial charge in [0.05, 0.1) is 24.1 Å². The van der Waals surface area contributed by atoms with Crippen molar-refractivity contribution >= 4 is 23.2 Å². The van der Waals surface area contributed by atoms with E-state index in [1.54, 1.807) is 7.11 Å². The van der Waals surface area contributed by atoms with E-state index in [-0.39, 0.29) is 11.2 Å². The Kier molecular flexibility index (Phi) is 5.60. The highest BCUT2D eigenvalue weighted by molar-refractivity contribution is 8.00. The molecule has 0 fully saturated rings. The number of ether oxygens (including phenoxy) is 1. The number of nitrogens with one attached hydrogen (secondary N) is 1. The van der Waals surface area contributed by atoms with Crippen LogP contribution in [0.5, 0.6) is 5.75 Å². The van der Waals surface area contributed by atoms with E-state index in [2.05, 4.69) is 10.3 Å². The third kappa shape index (κ3) is 4.33. The fourth-order valence-corrected chi connectivity index (χ4v) is 3.38. The topological polar surface area (TPSA) is 55.6 Å². The van der Waals surface area contributed by atoms with Crippen molar-refractivity contribution in [2.45, 2.75) is 23.8 Å². The summed E-state index contributed by atoms with van der Waals surface area (Å²) in [6.07, 6.45) is 4.56. The molecule has 1 N–H and O–H groups in total. The average Bonchev–Trinajstić information content (AvgIpc) is 3.05. The number of pyridine rings is 1. The molecule has 2 aromatic heterocycles. The van der Waals surface area contributed by atoms with Gasteiger partial charge in [-0.3, -0.25) is 9.20 Å². The lowest BCUT2D eigenvalue weighted by Crippen LogP contribution is -2.32. The highest BCUT2D eigenvalue weighted by Crippen LogP contribution is 2.23. The van der Waals surface area contributed by atoms with Crippen LogP contribution in [-0.4, -0.2) is 34.2 Å². The summed E-state index contributed by atoms with van der Waals surface area (Å²) in [5.41, 5.74) is 2.19. The Morgan fingerprint density at radius 2 is 2.08 bits per heavy atom. The summed E-state index contributed by atoms with van der Waals surface area (Å²) in [7, 11) is 1.65. The second kappa shape index (κ2) is 8.07. The minimum absolute atomic E-state index is 0.0196. The van der Waals surface area contributed by atoms with Crippen molar-refractivity contribution in [3.63, 3.8) is 0 Å². The van der Waals surface area contributed by atoms with E-state index in [9.17, 15) is 4.79 Å². The molecular formula is C19H21N3O2S. The Balaban J connectivity index is 1.50. The molecule has 6 heteroatoms. The number of carbonyl (C=O) groups excluding carboxylic acids is 1. The summed E-state index contributed by atoms with van der Waals surface area (Å²) in [6, 6.07) is 13.8. The van der Waals surface area contributed by atoms with Crippen LogP contribution in [0.3, 0.4) is 0 Å². The second-order valence-electron chi connectivity index (χ2n) is 5.69. The fraction of sp³-hybridized carbons (Fsp3) is 0.263. The maximum atomic E-state index is 12.3. The number of carbonyl (C=O) groups is 1. The van der Waals surface area contributed by atoms with E-state index in [4.69, 9.17) is 4.74 Å². The number of benzene rings is 1. The number of aromatic nitrogens is 2. The first-order valence-electron chi connectivity index (χ1n) is 8.17. The Labute approximate surface area is 151 Å². The average molecular weight is 355 g/mol. The Morgan fingerprint density at radius 3 is 2.84 bits per heavy atom. The van der Waals surface area contributed by atoms with E-state index < -0.39 is 0 Å². The number of methoxy groups -OCH3 is 1. The predicted molar refractivity (Wildman–Crippen MR) is 100 cm³/mol. The van der Waals surface area contributed by atoms with Crippen LogP contribution in [0.25, 0.3) is 5.52 Å². The number of imidazole rings is 1. The van der Waals surface area contributed by atoms with E-state index in [1.165, 1.54) is 17.3 Å². The molecule has 1 aromatic carbocycles. The summed E-state index contributed by atoms with van der Waals surface area (Å²) in [4.78, 5) is 16.7. The molecule has 2 heterocycles. The van der Waals surface area contributed by atoms with Gasteiger partial charge in [-0.05, 0) is 43.2 Å². The normalized spacial score (nSPS) is 12.1. The molecule has 25 heavy (non-hydrogen) atoms. The number of fused-ring (bicyclic) bond motifs is 1. The number of hydrogen-bond acceptors (Lipinski definition) is 4. The van der Waals surface area contributed by atoms with Gasteiger partial charge in [-0.2, -0.15) is 0 Å². The monoisotopic (exact) mass is 355 g/mol. The van der Waals surface area contributed by atoms with Gasteiger partial charge in [0.1, 0.15) is 5.75 Å². The number of rotatable bonds is 7. The minimum atomic E-state index is -0.207. The van der Waals surface area contributed by atoms with Crippen molar-refractivity contribution in [2.24, 2.45) is 0 Å². The number of nitrogens with zero attached hydrogens (tertiary/aromatic N) is 2. The summed E-state index contributed by atoms with van der Waals surface area (Å²) in [6.45, 7) is 2.51. The van der Waals surface area contributed by atoms with E-state index in [0.29, 0.717) is 6.54 Å². The first-order chi connectivity index (χ1) is 12.2. The third-order valence-electron chi connectivity index (χ3n) is 3.93. The van der Waals surface area contributed by atoms with Gasteiger partial charge in [0.2, 0.25) is 5.91 Å². The molecule has 1 amide bonds. The van der Waals surface area contributed by atoms with Crippen molar-refractivity contribution in [1.82, 2.24) is 14.7 Å². The summed E-state index contributed by atoms with van der Waals surface area (Å²) < 4.78 is 7.14. The zero-order chi connectivity index (χ0) is 17.6. The molecule has 0 aliphatic heterocycles. The standard InChI is InChI=1S/C19H21N3O2S/c1-14(25-19-21-13-16-5-3-4-12-22(16)19)18(23)20-11-10-15-6-8-17(24-2)9-7-15/h3-9,12-14H,10-11H2,1-2H3,(H,20,23). The summed E-state index contributed by atoms with van der Waals surface area (Å²) in [5.74, 6) is 0.857. The van der Waals surface area contributed by atoms with E-state index in [1.807, 2.05) is 66.2 Å². The molecule has 3 aromatic rings. The zero-order valence-corrected chi connectivity index (χ0v) is 15.1. The van der Waals surface area contributed by atoms with Gasteiger partial charge in [0.15, 0.2) is 5.16 Å². The van der Waals surface area contributed by atoms with Gasteiger partial charge in [0.25, 0.3) is 0 Å². The van der Waals surface area contributed by atoms with Crippen molar-refractivity contribution in [1.29, 1.82) is 0 Å². The molecule has 0 aliphatic rings. The molecule has 1 atom stereocenters. The molecule has 0 aliphatic carbocycles. The third-order valence-corrected chi connectivity index (χ3v) is 5.01. The van der Waals surface area contributed by atoms with Crippen LogP contribution in [0.1, 0.15) is 12.5 Å². The lowest BCUT2D eigenvalue weighted by Gasteiger charge is -2.11. The maximum Gasteiger partial charge on any atom is 0.233 e. The summed E-state index contributed by atoms with van der Waals surface area (Å²) >= 11 is 1.46. The van der Waals surface area contributed by atoms with Gasteiger partial charge < -0.3 is 10.1 Å². The largest absolute Gasteiger partial charge is 0.497 e. The Hall–Kier alpha value is -2.47.